The van der Waals surface area contributed by atoms with Crippen LogP contribution in [0.5, 0.6) is 5.75 Å². The van der Waals surface area contributed by atoms with Gasteiger partial charge in [-0.25, -0.2) is 0 Å². The molecule has 6 nitrogen and oxygen atoms in total. The van der Waals surface area contributed by atoms with E-state index in [-0.39, 0.29) is 0 Å². The van der Waals surface area contributed by atoms with Crippen molar-refractivity contribution in [2.75, 3.05) is 39.5 Å². The molecule has 0 aliphatic carbocycles. The van der Waals surface area contributed by atoms with E-state index in [1.54, 1.807) is 0 Å². The van der Waals surface area contributed by atoms with Crippen molar-refractivity contribution in [2.45, 2.75) is 26.1 Å². The van der Waals surface area contributed by atoms with Gasteiger partial charge in [-0.1, -0.05) is 12.1 Å². The van der Waals surface area contributed by atoms with Gasteiger partial charge in [-0.2, -0.15) is 0 Å². The number of nitrogens with zero attached hydrogens (tertiary/aromatic N) is 1. The summed E-state index contributed by atoms with van der Waals surface area (Å²) in [7, 11) is 0. The summed E-state index contributed by atoms with van der Waals surface area (Å²) in [5.74, 6) is 2.63. The fraction of sp³-hybridized carbons (Fsp3) is 0.500. The number of aliphatic hydroxyl groups excluding tert-OH is 1. The quantitative estimate of drug-likeness (QED) is 0.713. The average molecular weight is 360 g/mol. The van der Waals surface area contributed by atoms with Gasteiger partial charge in [0.2, 0.25) is 0 Å². The van der Waals surface area contributed by atoms with E-state index in [1.165, 1.54) is 0 Å². The number of β-amino-alcohol motifs (C(OH)–C–C–N with tert-alkyl or cyclic N) is 1. The molecule has 2 aromatic rings. The molecule has 1 fully saturated rings. The van der Waals surface area contributed by atoms with E-state index in [2.05, 4.69) is 16.3 Å². The van der Waals surface area contributed by atoms with Crippen molar-refractivity contribution in [2.24, 2.45) is 0 Å². The smallest absolute Gasteiger partial charge is 0.119 e. The number of hydrogen-bond donors (Lipinski definition) is 2. The minimum Gasteiger partial charge on any atom is -0.491 e. The summed E-state index contributed by atoms with van der Waals surface area (Å²) < 4.78 is 16.6. The molecule has 1 aliphatic rings. The van der Waals surface area contributed by atoms with Gasteiger partial charge in [-0.15, -0.1) is 0 Å². The predicted molar refractivity (Wildman–Crippen MR) is 99.2 cm³/mol. The third-order valence-electron chi connectivity index (χ3n) is 4.34. The monoisotopic (exact) mass is 360 g/mol. The number of aryl methyl sites for hydroxylation is 1. The number of furan rings is 1. The molecule has 0 bridgehead atoms. The van der Waals surface area contributed by atoms with Crippen LogP contribution in [0.4, 0.5) is 0 Å². The summed E-state index contributed by atoms with van der Waals surface area (Å²) in [6.07, 6.45) is -0.503. The first-order valence-electron chi connectivity index (χ1n) is 9.15. The third-order valence-corrected chi connectivity index (χ3v) is 4.34. The van der Waals surface area contributed by atoms with E-state index in [0.29, 0.717) is 19.7 Å². The minimum atomic E-state index is -0.503. The minimum absolute atomic E-state index is 0.292. The number of morpholine rings is 1. The number of benzene rings is 1. The highest BCUT2D eigenvalue weighted by Crippen LogP contribution is 2.14. The Labute approximate surface area is 154 Å². The number of hydrogen-bond acceptors (Lipinski definition) is 6. The Hall–Kier alpha value is -1.86. The Morgan fingerprint density at radius 1 is 1.19 bits per heavy atom. The molecule has 0 spiro atoms. The number of rotatable bonds is 9. The summed E-state index contributed by atoms with van der Waals surface area (Å²) in [5.41, 5.74) is 1.13. The lowest BCUT2D eigenvalue weighted by atomic mass is 10.2. The van der Waals surface area contributed by atoms with Gasteiger partial charge in [-0.3, -0.25) is 4.90 Å². The van der Waals surface area contributed by atoms with Gasteiger partial charge >= 0.3 is 0 Å². The Morgan fingerprint density at radius 3 is 2.81 bits per heavy atom. The van der Waals surface area contributed by atoms with Crippen LogP contribution in [-0.4, -0.2) is 55.6 Å². The van der Waals surface area contributed by atoms with Crippen molar-refractivity contribution in [3.63, 3.8) is 0 Å². The van der Waals surface area contributed by atoms with E-state index in [1.807, 2.05) is 37.3 Å². The lowest BCUT2D eigenvalue weighted by Gasteiger charge is -2.28. The first-order chi connectivity index (χ1) is 12.7. The maximum absolute atomic E-state index is 10.2. The molecule has 3 rings (SSSR count). The summed E-state index contributed by atoms with van der Waals surface area (Å²) >= 11 is 0. The van der Waals surface area contributed by atoms with Crippen molar-refractivity contribution in [3.05, 3.63) is 53.5 Å². The van der Waals surface area contributed by atoms with Gasteiger partial charge < -0.3 is 24.3 Å². The third kappa shape index (κ3) is 6.14. The lowest BCUT2D eigenvalue weighted by Crippen LogP contribution is -2.42. The predicted octanol–water partition coefficient (Wildman–Crippen LogP) is 1.95. The van der Waals surface area contributed by atoms with E-state index in [4.69, 9.17) is 13.9 Å². The van der Waals surface area contributed by atoms with Crippen LogP contribution in [0, 0.1) is 6.92 Å². The van der Waals surface area contributed by atoms with Crippen molar-refractivity contribution < 1.29 is 19.0 Å². The molecule has 0 saturated carbocycles. The van der Waals surface area contributed by atoms with E-state index >= 15 is 0 Å². The first kappa shape index (κ1) is 18.9. The Morgan fingerprint density at radius 2 is 2.04 bits per heavy atom. The molecule has 6 heteroatoms. The summed E-state index contributed by atoms with van der Waals surface area (Å²) in [6.45, 7) is 7.48. The zero-order valence-corrected chi connectivity index (χ0v) is 15.3. The summed E-state index contributed by atoms with van der Waals surface area (Å²) in [5, 5.41) is 13.5. The van der Waals surface area contributed by atoms with Gasteiger partial charge in [0.15, 0.2) is 0 Å². The molecule has 2 N–H and O–H groups in total. The molecule has 1 aromatic heterocycles. The zero-order valence-electron chi connectivity index (χ0n) is 15.3. The standard InChI is InChI=1S/C20H28N2O4/c1-16-5-6-20(26-16)13-21-12-17-3-2-4-19(11-17)25-15-18(23)14-22-7-9-24-10-8-22/h2-6,11,18,21,23H,7-10,12-15H2,1H3/t18-/m1/s1. The van der Waals surface area contributed by atoms with Gasteiger partial charge in [-0.05, 0) is 36.8 Å². The molecule has 1 atom stereocenters. The molecule has 0 amide bonds. The maximum atomic E-state index is 10.2. The molecule has 142 valence electrons. The highest BCUT2D eigenvalue weighted by Gasteiger charge is 2.15. The normalized spacial score (nSPS) is 16.5. The highest BCUT2D eigenvalue weighted by atomic mass is 16.5. The molecule has 1 aliphatic heterocycles. The van der Waals surface area contributed by atoms with Gasteiger partial charge in [0.05, 0.1) is 19.8 Å². The molecule has 26 heavy (non-hydrogen) atoms. The van der Waals surface area contributed by atoms with Crippen LogP contribution in [0.15, 0.2) is 40.8 Å². The molecule has 1 aromatic carbocycles. The fourth-order valence-electron chi connectivity index (χ4n) is 2.98. The molecular weight excluding hydrogens is 332 g/mol. The second-order valence-electron chi connectivity index (χ2n) is 6.64. The van der Waals surface area contributed by atoms with E-state index in [0.717, 1.165) is 55.7 Å². The molecular formula is C20H28N2O4. The second kappa shape index (κ2) is 9.73. The number of aliphatic hydroxyl groups is 1. The van der Waals surface area contributed by atoms with Crippen LogP contribution in [0.1, 0.15) is 17.1 Å². The Balaban J connectivity index is 1.40. The van der Waals surface area contributed by atoms with E-state index in [9.17, 15) is 5.11 Å². The van der Waals surface area contributed by atoms with Gasteiger partial charge in [0, 0.05) is 26.2 Å². The van der Waals surface area contributed by atoms with E-state index < -0.39 is 6.10 Å². The van der Waals surface area contributed by atoms with Crippen LogP contribution in [-0.2, 0) is 17.8 Å². The molecule has 0 radical (unpaired) electrons. The zero-order chi connectivity index (χ0) is 18.2. The van der Waals surface area contributed by atoms with Gasteiger partial charge in [0.25, 0.3) is 0 Å². The van der Waals surface area contributed by atoms with Crippen LogP contribution in [0.3, 0.4) is 0 Å². The fourth-order valence-corrected chi connectivity index (χ4v) is 2.98. The number of nitrogens with one attached hydrogen (secondary N) is 1. The number of ether oxygens (including phenoxy) is 2. The SMILES string of the molecule is Cc1ccc(CNCc2cccc(OC[C@H](O)CN3CCOCC3)c2)o1. The van der Waals surface area contributed by atoms with Crippen LogP contribution >= 0.6 is 0 Å². The van der Waals surface area contributed by atoms with Crippen molar-refractivity contribution >= 4 is 0 Å². The van der Waals surface area contributed by atoms with Crippen molar-refractivity contribution in [3.8, 4) is 5.75 Å². The average Bonchev–Trinajstić information content (AvgIpc) is 3.06. The first-order valence-corrected chi connectivity index (χ1v) is 9.15. The lowest BCUT2D eigenvalue weighted by molar-refractivity contribution is 0.00465. The molecule has 2 heterocycles. The van der Waals surface area contributed by atoms with Crippen LogP contribution < -0.4 is 10.1 Å². The largest absolute Gasteiger partial charge is 0.491 e. The second-order valence-corrected chi connectivity index (χ2v) is 6.64. The van der Waals surface area contributed by atoms with Crippen LogP contribution in [0.2, 0.25) is 0 Å². The van der Waals surface area contributed by atoms with Gasteiger partial charge in [0.1, 0.15) is 30.0 Å². The summed E-state index contributed by atoms with van der Waals surface area (Å²) in [4.78, 5) is 2.20. The van der Waals surface area contributed by atoms with Crippen LogP contribution in [0.25, 0.3) is 0 Å². The maximum Gasteiger partial charge on any atom is 0.119 e. The Bertz CT molecular complexity index is 667. The van der Waals surface area contributed by atoms with Crippen molar-refractivity contribution in [1.29, 1.82) is 0 Å². The Kier molecular flexibility index (Phi) is 7.08. The van der Waals surface area contributed by atoms with Crippen molar-refractivity contribution in [1.82, 2.24) is 10.2 Å². The molecule has 0 unspecified atom stereocenters. The summed E-state index contributed by atoms with van der Waals surface area (Å²) in [6, 6.07) is 11.9. The topological polar surface area (TPSA) is 67.1 Å². The molecule has 1 saturated heterocycles. The highest BCUT2D eigenvalue weighted by molar-refractivity contribution is 5.28.